The molecule has 0 aliphatic carbocycles. The summed E-state index contributed by atoms with van der Waals surface area (Å²) in [5.41, 5.74) is 0. The van der Waals surface area contributed by atoms with Crippen molar-refractivity contribution in [1.29, 1.82) is 0 Å². The molecule has 0 heterocycles. The van der Waals surface area contributed by atoms with E-state index in [-0.39, 0.29) is 25.7 Å². The molecule has 0 saturated carbocycles. The lowest BCUT2D eigenvalue weighted by Crippen LogP contribution is -2.30. The van der Waals surface area contributed by atoms with Crippen molar-refractivity contribution in [3.63, 3.8) is 0 Å². The summed E-state index contributed by atoms with van der Waals surface area (Å²) in [4.78, 5) is 72.9. The molecule has 98 heavy (non-hydrogen) atoms. The Morgan fingerprint density at radius 3 is 0.724 bits per heavy atom. The molecule has 0 aromatic rings. The zero-order valence-electron chi connectivity index (χ0n) is 64.4. The zero-order chi connectivity index (χ0) is 72.4. The van der Waals surface area contributed by atoms with Crippen LogP contribution in [0.15, 0.2) is 0 Å². The van der Waals surface area contributed by atoms with E-state index in [1.165, 1.54) is 205 Å². The fourth-order valence-corrected chi connectivity index (χ4v) is 13.6. The highest BCUT2D eigenvalue weighted by atomic mass is 31.2. The van der Waals surface area contributed by atoms with Gasteiger partial charge in [-0.25, -0.2) is 9.13 Å². The fourth-order valence-electron chi connectivity index (χ4n) is 12.0. The molecule has 0 rings (SSSR count). The van der Waals surface area contributed by atoms with Gasteiger partial charge >= 0.3 is 39.5 Å². The standard InChI is InChI=1S/C79H154O17P2/c1-9-72(8)58-50-42-34-25-18-16-14-12-10-11-13-15-17-19-26-35-43-51-59-76(81)89-65-74(95-78(83)61-53-45-37-27-21-20-23-31-39-47-55-69(2)3)67-93-97(85,86)91-63-73(80)64-92-98(87,88)94-68-75(66-90-77(82)60-52-44-36-30-29-33-41-49-57-71(6)7)96-79(84)62-54-46-38-28-22-24-32-40-48-56-70(4)5/h69-75,80H,9-68H2,1-8H3,(H,85,86)(H,87,88)/t72?,73?,74-,75-/m1/s1. The van der Waals surface area contributed by atoms with Crippen LogP contribution >= 0.6 is 15.6 Å². The molecule has 0 spiro atoms. The minimum atomic E-state index is -4.96. The summed E-state index contributed by atoms with van der Waals surface area (Å²) in [5, 5.41) is 10.6. The van der Waals surface area contributed by atoms with E-state index in [2.05, 4.69) is 55.4 Å². The number of esters is 4. The maximum absolute atomic E-state index is 13.1. The number of rotatable bonds is 76. The first-order valence-corrected chi connectivity index (χ1v) is 43.7. The van der Waals surface area contributed by atoms with Gasteiger partial charge in [0.2, 0.25) is 0 Å². The van der Waals surface area contributed by atoms with Crippen molar-refractivity contribution < 1.29 is 80.2 Å². The molecule has 0 amide bonds. The second-order valence-corrected chi connectivity index (χ2v) is 33.0. The van der Waals surface area contributed by atoms with Crippen molar-refractivity contribution in [2.24, 2.45) is 23.7 Å². The third-order valence-electron chi connectivity index (χ3n) is 18.7. The lowest BCUT2D eigenvalue weighted by molar-refractivity contribution is -0.161. The third-order valence-corrected chi connectivity index (χ3v) is 20.6. The maximum Gasteiger partial charge on any atom is 0.472 e. The molecule has 0 saturated heterocycles. The molecule has 0 aliphatic heterocycles. The van der Waals surface area contributed by atoms with E-state index in [1.807, 2.05) is 0 Å². The van der Waals surface area contributed by atoms with Gasteiger partial charge < -0.3 is 33.8 Å². The lowest BCUT2D eigenvalue weighted by Gasteiger charge is -2.21. The van der Waals surface area contributed by atoms with Gasteiger partial charge in [0.15, 0.2) is 12.2 Å². The molecular formula is C79H154O17P2. The van der Waals surface area contributed by atoms with E-state index in [9.17, 15) is 43.2 Å². The van der Waals surface area contributed by atoms with E-state index in [1.54, 1.807) is 0 Å². The number of aliphatic hydroxyl groups is 1. The van der Waals surface area contributed by atoms with Gasteiger partial charge in [0.1, 0.15) is 19.3 Å². The van der Waals surface area contributed by atoms with Gasteiger partial charge in [0.05, 0.1) is 26.4 Å². The summed E-state index contributed by atoms with van der Waals surface area (Å²) in [7, 11) is -9.92. The SMILES string of the molecule is CCC(C)CCCCCCCCCCCCCCCCCCCCC(=O)OC[C@H](COP(=O)(O)OCC(O)COP(=O)(O)OC[C@@H](COC(=O)CCCCCCCCCCC(C)C)OC(=O)CCCCCCCCCCCC(C)C)OC(=O)CCCCCCCCCCCCC(C)C. The van der Waals surface area contributed by atoms with Gasteiger partial charge in [-0.1, -0.05) is 351 Å². The van der Waals surface area contributed by atoms with E-state index < -0.39 is 97.5 Å². The van der Waals surface area contributed by atoms with Crippen molar-refractivity contribution in [2.45, 2.75) is 420 Å². The monoisotopic (exact) mass is 1440 g/mol. The topological polar surface area (TPSA) is 237 Å². The number of ether oxygens (including phenoxy) is 4. The first kappa shape index (κ1) is 96.1. The second kappa shape index (κ2) is 68.2. The summed E-state index contributed by atoms with van der Waals surface area (Å²) in [6.07, 6.45) is 54.3. The number of carbonyl (C=O) groups is 4. The predicted molar refractivity (Wildman–Crippen MR) is 400 cm³/mol. The van der Waals surface area contributed by atoms with Crippen LogP contribution in [0.2, 0.25) is 0 Å². The molecule has 0 aromatic heterocycles. The minimum absolute atomic E-state index is 0.104. The van der Waals surface area contributed by atoms with E-state index in [0.29, 0.717) is 25.7 Å². The van der Waals surface area contributed by atoms with Crippen molar-refractivity contribution >= 4 is 39.5 Å². The Morgan fingerprint density at radius 2 is 0.490 bits per heavy atom. The normalized spacial score (nSPS) is 14.3. The third kappa shape index (κ3) is 71.1. The summed E-state index contributed by atoms with van der Waals surface area (Å²) >= 11 is 0. The molecule has 0 radical (unpaired) electrons. The summed E-state index contributed by atoms with van der Waals surface area (Å²) in [6, 6.07) is 0. The molecule has 4 unspecified atom stereocenters. The van der Waals surface area contributed by atoms with Gasteiger partial charge in [0, 0.05) is 25.7 Å². The Labute approximate surface area is 600 Å². The number of phosphoric ester groups is 2. The van der Waals surface area contributed by atoms with Crippen LogP contribution in [0.3, 0.4) is 0 Å². The highest BCUT2D eigenvalue weighted by Gasteiger charge is 2.30. The smallest absolute Gasteiger partial charge is 0.462 e. The van der Waals surface area contributed by atoms with E-state index in [4.69, 9.17) is 37.0 Å². The second-order valence-electron chi connectivity index (χ2n) is 30.1. The Balaban J connectivity index is 5.18. The zero-order valence-corrected chi connectivity index (χ0v) is 66.2. The summed E-state index contributed by atoms with van der Waals surface area (Å²) < 4.78 is 68.6. The molecule has 0 aliphatic rings. The molecule has 582 valence electrons. The van der Waals surface area contributed by atoms with E-state index >= 15 is 0 Å². The Morgan fingerprint density at radius 1 is 0.286 bits per heavy atom. The first-order chi connectivity index (χ1) is 47.1. The van der Waals surface area contributed by atoms with Crippen LogP contribution in [-0.2, 0) is 65.4 Å². The van der Waals surface area contributed by atoms with Gasteiger partial charge in [0.25, 0.3) is 0 Å². The summed E-state index contributed by atoms with van der Waals surface area (Å²) in [5.74, 6) is 0.969. The number of hydrogen-bond acceptors (Lipinski definition) is 15. The quantitative estimate of drug-likeness (QED) is 0.0222. The number of hydrogen-bond donors (Lipinski definition) is 3. The highest BCUT2D eigenvalue weighted by molar-refractivity contribution is 7.47. The Hall–Kier alpha value is -1.94. The van der Waals surface area contributed by atoms with Gasteiger partial charge in [-0.05, 0) is 49.4 Å². The number of phosphoric acid groups is 2. The van der Waals surface area contributed by atoms with Crippen LogP contribution in [0.25, 0.3) is 0 Å². The average molecular weight is 1440 g/mol. The molecule has 3 N–H and O–H groups in total. The van der Waals surface area contributed by atoms with Crippen LogP contribution in [0.1, 0.15) is 402 Å². The molecular weight excluding hydrogens is 1280 g/mol. The molecule has 19 heteroatoms. The van der Waals surface area contributed by atoms with Crippen molar-refractivity contribution in [2.75, 3.05) is 39.6 Å². The van der Waals surface area contributed by atoms with Crippen molar-refractivity contribution in [3.05, 3.63) is 0 Å². The van der Waals surface area contributed by atoms with Gasteiger partial charge in [-0.3, -0.25) is 37.3 Å². The number of unbranched alkanes of at least 4 members (excludes halogenated alkanes) is 41. The molecule has 0 bridgehead atoms. The van der Waals surface area contributed by atoms with Crippen LogP contribution in [0.4, 0.5) is 0 Å². The molecule has 6 atom stereocenters. The molecule has 0 aromatic carbocycles. The predicted octanol–water partition coefficient (Wildman–Crippen LogP) is 23.2. The van der Waals surface area contributed by atoms with Crippen LogP contribution < -0.4 is 0 Å². The largest absolute Gasteiger partial charge is 0.472 e. The lowest BCUT2D eigenvalue weighted by atomic mass is 9.99. The van der Waals surface area contributed by atoms with Crippen molar-refractivity contribution in [3.8, 4) is 0 Å². The number of aliphatic hydroxyl groups excluding tert-OH is 1. The Kier molecular flexibility index (Phi) is 66.8. The summed E-state index contributed by atoms with van der Waals surface area (Å²) in [6.45, 7) is 14.2. The van der Waals surface area contributed by atoms with Gasteiger partial charge in [-0.15, -0.1) is 0 Å². The van der Waals surface area contributed by atoms with Crippen molar-refractivity contribution in [1.82, 2.24) is 0 Å². The first-order valence-electron chi connectivity index (χ1n) is 40.7. The van der Waals surface area contributed by atoms with Crippen LogP contribution in [0.5, 0.6) is 0 Å². The Bertz CT molecular complexity index is 1920. The molecule has 0 fully saturated rings. The highest BCUT2D eigenvalue weighted by Crippen LogP contribution is 2.45. The average Bonchev–Trinajstić information content (AvgIpc) is 1.29. The fraction of sp³-hybridized carbons (Fsp3) is 0.949. The minimum Gasteiger partial charge on any atom is -0.462 e. The number of carbonyl (C=O) groups excluding carboxylic acids is 4. The maximum atomic E-state index is 13.1. The van der Waals surface area contributed by atoms with Crippen LogP contribution in [-0.4, -0.2) is 96.7 Å². The van der Waals surface area contributed by atoms with Gasteiger partial charge in [-0.2, -0.15) is 0 Å². The molecule has 17 nitrogen and oxygen atoms in total. The van der Waals surface area contributed by atoms with E-state index in [0.717, 1.165) is 114 Å². The van der Waals surface area contributed by atoms with Crippen LogP contribution in [0, 0.1) is 23.7 Å².